The number of nitrogens with two attached hydrogens (primary N) is 1. The second-order valence-electron chi connectivity index (χ2n) is 7.58. The van der Waals surface area contributed by atoms with Crippen LogP contribution in [0, 0.1) is 0 Å². The van der Waals surface area contributed by atoms with Crippen molar-refractivity contribution in [3.8, 4) is 28.6 Å². The van der Waals surface area contributed by atoms with E-state index in [-0.39, 0.29) is 28.2 Å². The monoisotopic (exact) mass is 441 g/mol. The van der Waals surface area contributed by atoms with Gasteiger partial charge in [-0.3, -0.25) is 4.79 Å². The van der Waals surface area contributed by atoms with Gasteiger partial charge in [0.15, 0.2) is 17.1 Å². The summed E-state index contributed by atoms with van der Waals surface area (Å²) in [5, 5.41) is 27.3. The Morgan fingerprint density at radius 1 is 0.969 bits per heavy atom. The largest absolute Gasteiger partial charge is 0.504 e. The molecule has 0 fully saturated rings. The zero-order chi connectivity index (χ0) is 22.9. The molecule has 3 rings (SSSR count). The molecule has 0 radical (unpaired) electrons. The summed E-state index contributed by atoms with van der Waals surface area (Å²) in [5.41, 5.74) is 6.61. The molecule has 0 aliphatic carbocycles. The summed E-state index contributed by atoms with van der Waals surface area (Å²) in [6.07, 6.45) is 3.19. The second-order valence-corrected chi connectivity index (χ2v) is 7.58. The van der Waals surface area contributed by atoms with Crippen LogP contribution in [-0.2, 0) is 6.54 Å². The first-order chi connectivity index (χ1) is 15.6. The van der Waals surface area contributed by atoms with Gasteiger partial charge in [-0.1, -0.05) is 24.3 Å². The molecule has 0 aliphatic heterocycles. The molecule has 0 bridgehead atoms. The van der Waals surface area contributed by atoms with Crippen LogP contribution in [-0.4, -0.2) is 43.5 Å². The summed E-state index contributed by atoms with van der Waals surface area (Å²) in [6.45, 7) is 4.32. The number of phenols is 1. The minimum absolute atomic E-state index is 0.0339. The molecule has 0 saturated carbocycles. The fourth-order valence-corrected chi connectivity index (χ4v) is 3.47. The molecule has 1 heterocycles. The van der Waals surface area contributed by atoms with E-state index in [1.165, 1.54) is 19.2 Å². The molecule has 1 aromatic heterocycles. The Balaban J connectivity index is 1.63. The molecule has 2 aromatic carbocycles. The minimum atomic E-state index is -0.582. The molecule has 0 atom stereocenters. The Hall–Kier alpha value is -3.07. The van der Waals surface area contributed by atoms with Crippen LogP contribution in [0.3, 0.4) is 0 Å². The Morgan fingerprint density at radius 3 is 2.41 bits per heavy atom. The summed E-state index contributed by atoms with van der Waals surface area (Å²) in [4.78, 5) is 12.6. The smallest absolute Gasteiger partial charge is 0.235 e. The van der Waals surface area contributed by atoms with Crippen LogP contribution in [0.15, 0.2) is 45.6 Å². The highest BCUT2D eigenvalue weighted by Gasteiger charge is 2.19. The van der Waals surface area contributed by atoms with Gasteiger partial charge in [0.2, 0.25) is 16.9 Å². The maximum absolute atomic E-state index is 12.6. The van der Waals surface area contributed by atoms with Gasteiger partial charge in [0, 0.05) is 12.1 Å². The molecule has 0 unspecified atom stereocenters. The molecular formula is C24H31N3O5. The lowest BCUT2D eigenvalue weighted by Crippen LogP contribution is -2.22. The normalized spacial score (nSPS) is 11.2. The van der Waals surface area contributed by atoms with E-state index < -0.39 is 11.2 Å². The average molecular weight is 442 g/mol. The molecule has 0 spiro atoms. The van der Waals surface area contributed by atoms with E-state index in [9.17, 15) is 15.0 Å². The van der Waals surface area contributed by atoms with Crippen LogP contribution in [0.1, 0.15) is 24.8 Å². The van der Waals surface area contributed by atoms with Crippen molar-refractivity contribution in [2.24, 2.45) is 5.73 Å². The third kappa shape index (κ3) is 5.59. The Bertz CT molecular complexity index is 1080. The van der Waals surface area contributed by atoms with E-state index in [2.05, 4.69) is 10.6 Å². The highest BCUT2D eigenvalue weighted by Crippen LogP contribution is 2.38. The zero-order valence-electron chi connectivity index (χ0n) is 18.3. The summed E-state index contributed by atoms with van der Waals surface area (Å²) in [6, 6.07) is 10.1. The lowest BCUT2D eigenvalue weighted by Gasteiger charge is -2.11. The quantitative estimate of drug-likeness (QED) is 0.271. The Morgan fingerprint density at radius 2 is 1.69 bits per heavy atom. The number of methoxy groups -OCH3 is 1. The van der Waals surface area contributed by atoms with Gasteiger partial charge in [0.1, 0.15) is 0 Å². The van der Waals surface area contributed by atoms with Gasteiger partial charge in [-0.25, -0.2) is 0 Å². The van der Waals surface area contributed by atoms with Crippen molar-refractivity contribution >= 4 is 11.0 Å². The molecule has 172 valence electrons. The number of rotatable bonds is 12. The van der Waals surface area contributed by atoms with Gasteiger partial charge in [-0.15, -0.1) is 0 Å². The van der Waals surface area contributed by atoms with Gasteiger partial charge >= 0.3 is 0 Å². The van der Waals surface area contributed by atoms with E-state index >= 15 is 0 Å². The second kappa shape index (κ2) is 11.5. The highest BCUT2D eigenvalue weighted by molar-refractivity contribution is 5.88. The van der Waals surface area contributed by atoms with E-state index in [1.807, 2.05) is 12.1 Å². The third-order valence-electron chi connectivity index (χ3n) is 5.23. The molecule has 0 aliphatic rings. The first kappa shape index (κ1) is 23.6. The van der Waals surface area contributed by atoms with E-state index in [4.69, 9.17) is 14.9 Å². The SMILES string of the molecule is COc1c(O)ccc2c(=O)c(O)c(-c3ccc(CNCCCNCCCCN)cc3)oc12. The molecule has 8 nitrogen and oxygen atoms in total. The Kier molecular flexibility index (Phi) is 8.49. The number of fused-ring (bicyclic) bond motifs is 1. The predicted molar refractivity (Wildman–Crippen MR) is 125 cm³/mol. The fourth-order valence-electron chi connectivity index (χ4n) is 3.47. The molecule has 0 amide bonds. The summed E-state index contributed by atoms with van der Waals surface area (Å²) in [5.74, 6) is -0.538. The maximum Gasteiger partial charge on any atom is 0.235 e. The van der Waals surface area contributed by atoms with Crippen LogP contribution < -0.4 is 26.5 Å². The van der Waals surface area contributed by atoms with Gasteiger partial charge in [0.05, 0.1) is 12.5 Å². The first-order valence-electron chi connectivity index (χ1n) is 10.8. The van der Waals surface area contributed by atoms with Crippen molar-refractivity contribution in [2.75, 3.05) is 33.3 Å². The number of aromatic hydroxyl groups is 2. The van der Waals surface area contributed by atoms with Crippen LogP contribution in [0.2, 0.25) is 0 Å². The maximum atomic E-state index is 12.6. The van der Waals surface area contributed by atoms with Crippen LogP contribution >= 0.6 is 0 Å². The highest BCUT2D eigenvalue weighted by atomic mass is 16.5. The van der Waals surface area contributed by atoms with Gasteiger partial charge in [-0.05, 0) is 63.1 Å². The molecule has 0 saturated heterocycles. The average Bonchev–Trinajstić information content (AvgIpc) is 2.80. The molecular weight excluding hydrogens is 410 g/mol. The minimum Gasteiger partial charge on any atom is -0.504 e. The number of phenolic OH excluding ortho intramolecular Hbond substituents is 1. The number of benzene rings is 2. The van der Waals surface area contributed by atoms with Gasteiger partial charge < -0.3 is 35.7 Å². The molecule has 6 N–H and O–H groups in total. The fraction of sp³-hybridized carbons (Fsp3) is 0.375. The Labute approximate surface area is 187 Å². The topological polar surface area (TPSA) is 130 Å². The van der Waals surface area contributed by atoms with Gasteiger partial charge in [-0.2, -0.15) is 0 Å². The van der Waals surface area contributed by atoms with Crippen molar-refractivity contribution in [1.29, 1.82) is 0 Å². The van der Waals surface area contributed by atoms with Crippen molar-refractivity contribution in [3.05, 3.63) is 52.2 Å². The van der Waals surface area contributed by atoms with Crippen molar-refractivity contribution in [2.45, 2.75) is 25.8 Å². The number of unbranched alkanes of at least 4 members (excludes halogenated alkanes) is 1. The van der Waals surface area contributed by atoms with Crippen molar-refractivity contribution in [1.82, 2.24) is 10.6 Å². The molecule has 8 heteroatoms. The number of ether oxygens (including phenoxy) is 1. The van der Waals surface area contributed by atoms with Crippen LogP contribution in [0.5, 0.6) is 17.2 Å². The van der Waals surface area contributed by atoms with E-state index in [0.717, 1.165) is 51.0 Å². The third-order valence-corrected chi connectivity index (χ3v) is 5.23. The van der Waals surface area contributed by atoms with E-state index in [1.54, 1.807) is 12.1 Å². The van der Waals surface area contributed by atoms with E-state index in [0.29, 0.717) is 12.1 Å². The van der Waals surface area contributed by atoms with Gasteiger partial charge in [0.25, 0.3) is 0 Å². The summed E-state index contributed by atoms with van der Waals surface area (Å²) in [7, 11) is 1.38. The lowest BCUT2D eigenvalue weighted by atomic mass is 10.1. The van der Waals surface area contributed by atoms with Crippen LogP contribution in [0.25, 0.3) is 22.3 Å². The zero-order valence-corrected chi connectivity index (χ0v) is 18.3. The lowest BCUT2D eigenvalue weighted by molar-refractivity contribution is 0.369. The first-order valence-corrected chi connectivity index (χ1v) is 10.8. The standard InChI is InChI=1S/C24H31N3O5/c1-31-24-19(28)10-9-18-20(29)21(30)22(32-23(18)24)17-7-5-16(6-8-17)15-27-14-4-13-26-12-3-2-11-25/h5-10,26-28,30H,2-4,11-15,25H2,1H3. The summed E-state index contributed by atoms with van der Waals surface area (Å²) >= 11 is 0. The summed E-state index contributed by atoms with van der Waals surface area (Å²) < 4.78 is 11.0. The molecule has 32 heavy (non-hydrogen) atoms. The number of nitrogens with one attached hydrogen (secondary N) is 2. The van der Waals surface area contributed by atoms with Crippen LogP contribution in [0.4, 0.5) is 0 Å². The number of hydrogen-bond donors (Lipinski definition) is 5. The van der Waals surface area contributed by atoms with Crippen molar-refractivity contribution in [3.63, 3.8) is 0 Å². The number of hydrogen-bond acceptors (Lipinski definition) is 8. The predicted octanol–water partition coefficient (Wildman–Crippen LogP) is 2.69. The molecule has 3 aromatic rings. The van der Waals surface area contributed by atoms with Crippen molar-refractivity contribution < 1.29 is 19.4 Å².